The van der Waals surface area contributed by atoms with Gasteiger partial charge in [-0.25, -0.2) is 9.59 Å². The van der Waals surface area contributed by atoms with Crippen LogP contribution in [0.15, 0.2) is 24.3 Å². The fourth-order valence-electron chi connectivity index (χ4n) is 1.99. The summed E-state index contributed by atoms with van der Waals surface area (Å²) >= 11 is 0. The zero-order valence-corrected chi connectivity index (χ0v) is 13.1. The van der Waals surface area contributed by atoms with E-state index in [4.69, 9.17) is 0 Å². The molecule has 0 saturated carbocycles. The van der Waals surface area contributed by atoms with Crippen LogP contribution in [0.3, 0.4) is 0 Å². The molecule has 0 fully saturated rings. The molecule has 2 unspecified atom stereocenters. The van der Waals surface area contributed by atoms with Gasteiger partial charge in [-0.3, -0.25) is 4.90 Å². The molecule has 0 saturated heterocycles. The number of nitrogens with one attached hydrogen (secondary N) is 1. The van der Waals surface area contributed by atoms with Crippen molar-refractivity contribution in [3.63, 3.8) is 0 Å². The van der Waals surface area contributed by atoms with Crippen LogP contribution in [0.1, 0.15) is 32.8 Å². The first-order valence-electron chi connectivity index (χ1n) is 7.26. The Kier molecular flexibility index (Phi) is 6.21. The van der Waals surface area contributed by atoms with E-state index in [-0.39, 0.29) is 5.92 Å². The van der Waals surface area contributed by atoms with Gasteiger partial charge in [-0.05, 0) is 30.0 Å². The first-order chi connectivity index (χ1) is 9.90. The largest absolute Gasteiger partial charge is 0.480 e. The molecule has 2 amide bonds. The minimum atomic E-state index is -1.01. The highest BCUT2D eigenvalue weighted by Gasteiger charge is 2.26. The molecule has 0 aliphatic rings. The minimum Gasteiger partial charge on any atom is -0.480 e. The van der Waals surface area contributed by atoms with Crippen LogP contribution in [0.4, 0.5) is 10.5 Å². The highest BCUT2D eigenvalue weighted by molar-refractivity contribution is 5.94. The molecular formula is C16H24N2O3. The molecule has 1 aromatic carbocycles. The average molecular weight is 292 g/mol. The molecule has 21 heavy (non-hydrogen) atoms. The number of aryl methyl sites for hydroxylation is 1. The summed E-state index contributed by atoms with van der Waals surface area (Å²) in [6.07, 6.45) is 1.62. The molecule has 0 aliphatic heterocycles. The third kappa shape index (κ3) is 4.48. The fraction of sp³-hybridized carbons (Fsp3) is 0.500. The lowest BCUT2D eigenvalue weighted by atomic mass is 9.99. The summed E-state index contributed by atoms with van der Waals surface area (Å²) in [5, 5.41) is 11.8. The summed E-state index contributed by atoms with van der Waals surface area (Å²) in [6, 6.07) is 6.35. The number of hydrogen-bond donors (Lipinski definition) is 2. The van der Waals surface area contributed by atoms with E-state index in [2.05, 4.69) is 12.2 Å². The number of carbonyl (C=O) groups is 2. The monoisotopic (exact) mass is 292 g/mol. The van der Waals surface area contributed by atoms with Gasteiger partial charge >= 0.3 is 12.0 Å². The van der Waals surface area contributed by atoms with Crippen LogP contribution in [0, 0.1) is 5.92 Å². The standard InChI is InChI=1S/C16H24N2O3/c1-5-11(3)14(15(19)20)17-16(21)18(4)13-9-7-12(6-2)8-10-13/h7-11,14H,5-6H2,1-4H3,(H,17,21)(H,19,20). The first-order valence-corrected chi connectivity index (χ1v) is 7.26. The predicted octanol–water partition coefficient (Wildman–Crippen LogP) is 2.89. The number of amides is 2. The van der Waals surface area contributed by atoms with E-state index >= 15 is 0 Å². The van der Waals surface area contributed by atoms with Gasteiger partial charge in [0.1, 0.15) is 6.04 Å². The smallest absolute Gasteiger partial charge is 0.326 e. The third-order valence-electron chi connectivity index (χ3n) is 3.79. The van der Waals surface area contributed by atoms with E-state index in [0.717, 1.165) is 12.1 Å². The molecule has 2 atom stereocenters. The van der Waals surface area contributed by atoms with Crippen LogP contribution >= 0.6 is 0 Å². The average Bonchev–Trinajstić information content (AvgIpc) is 2.50. The Morgan fingerprint density at radius 2 is 1.81 bits per heavy atom. The van der Waals surface area contributed by atoms with Gasteiger partial charge in [0.15, 0.2) is 0 Å². The molecule has 1 rings (SSSR count). The number of anilines is 1. The number of carboxylic acid groups (broad SMARTS) is 1. The van der Waals surface area contributed by atoms with Crippen LogP contribution in [0.25, 0.3) is 0 Å². The maximum atomic E-state index is 12.2. The Bertz CT molecular complexity index is 485. The minimum absolute atomic E-state index is 0.123. The van der Waals surface area contributed by atoms with E-state index in [0.29, 0.717) is 6.42 Å². The van der Waals surface area contributed by atoms with Crippen molar-refractivity contribution in [3.8, 4) is 0 Å². The Morgan fingerprint density at radius 3 is 2.24 bits per heavy atom. The third-order valence-corrected chi connectivity index (χ3v) is 3.79. The normalized spacial score (nSPS) is 13.3. The number of nitrogens with zero attached hydrogens (tertiary/aromatic N) is 1. The van der Waals surface area contributed by atoms with Crippen molar-refractivity contribution in [1.82, 2.24) is 5.32 Å². The molecule has 0 aromatic heterocycles. The molecule has 5 nitrogen and oxygen atoms in total. The maximum Gasteiger partial charge on any atom is 0.326 e. The van der Waals surface area contributed by atoms with Gasteiger partial charge in [0, 0.05) is 12.7 Å². The topological polar surface area (TPSA) is 69.6 Å². The number of aliphatic carboxylic acids is 1. The lowest BCUT2D eigenvalue weighted by Crippen LogP contribution is -2.49. The fourth-order valence-corrected chi connectivity index (χ4v) is 1.99. The lowest BCUT2D eigenvalue weighted by Gasteiger charge is -2.24. The highest BCUT2D eigenvalue weighted by atomic mass is 16.4. The lowest BCUT2D eigenvalue weighted by molar-refractivity contribution is -0.140. The summed E-state index contributed by atoms with van der Waals surface area (Å²) in [5.74, 6) is -1.13. The van der Waals surface area contributed by atoms with Crippen LogP contribution in [0.5, 0.6) is 0 Å². The molecular weight excluding hydrogens is 268 g/mol. The zero-order chi connectivity index (χ0) is 16.0. The summed E-state index contributed by atoms with van der Waals surface area (Å²) < 4.78 is 0. The summed E-state index contributed by atoms with van der Waals surface area (Å²) in [6.45, 7) is 5.78. The van der Waals surface area contributed by atoms with Crippen LogP contribution in [0.2, 0.25) is 0 Å². The molecule has 1 aromatic rings. The summed E-state index contributed by atoms with van der Waals surface area (Å²) in [4.78, 5) is 24.9. The number of rotatable bonds is 6. The second kappa shape index (κ2) is 7.67. The second-order valence-electron chi connectivity index (χ2n) is 5.23. The van der Waals surface area contributed by atoms with Crippen LogP contribution in [-0.4, -0.2) is 30.2 Å². The highest BCUT2D eigenvalue weighted by Crippen LogP contribution is 2.15. The molecule has 116 valence electrons. The predicted molar refractivity (Wildman–Crippen MR) is 83.6 cm³/mol. The van der Waals surface area contributed by atoms with Gasteiger partial charge in [0.05, 0.1) is 0 Å². The van der Waals surface area contributed by atoms with Crippen molar-refractivity contribution in [1.29, 1.82) is 0 Å². The molecule has 0 heterocycles. The number of hydrogen-bond acceptors (Lipinski definition) is 2. The Labute approximate surface area is 126 Å². The van der Waals surface area contributed by atoms with Gasteiger partial charge in [0.25, 0.3) is 0 Å². The van der Waals surface area contributed by atoms with Crippen molar-refractivity contribution in [3.05, 3.63) is 29.8 Å². The number of carboxylic acids is 1. The van der Waals surface area contributed by atoms with Crippen molar-refractivity contribution in [2.24, 2.45) is 5.92 Å². The van der Waals surface area contributed by atoms with Gasteiger partial charge < -0.3 is 10.4 Å². The van der Waals surface area contributed by atoms with E-state index in [1.54, 1.807) is 7.05 Å². The number of carbonyl (C=O) groups excluding carboxylic acids is 1. The number of urea groups is 1. The van der Waals surface area contributed by atoms with Crippen LogP contribution in [-0.2, 0) is 11.2 Å². The molecule has 0 radical (unpaired) electrons. The molecule has 0 bridgehead atoms. The summed E-state index contributed by atoms with van der Waals surface area (Å²) in [7, 11) is 1.63. The molecule has 0 spiro atoms. The van der Waals surface area contributed by atoms with Crippen molar-refractivity contribution in [2.45, 2.75) is 39.7 Å². The maximum absolute atomic E-state index is 12.2. The van der Waals surface area contributed by atoms with E-state index in [1.165, 1.54) is 10.5 Å². The Balaban J connectivity index is 2.78. The van der Waals surface area contributed by atoms with Gasteiger partial charge in [-0.2, -0.15) is 0 Å². The first kappa shape index (κ1) is 17.0. The van der Waals surface area contributed by atoms with E-state index in [9.17, 15) is 14.7 Å². The second-order valence-corrected chi connectivity index (χ2v) is 5.23. The quantitative estimate of drug-likeness (QED) is 0.847. The van der Waals surface area contributed by atoms with Gasteiger partial charge in [-0.15, -0.1) is 0 Å². The molecule has 0 aliphatic carbocycles. The van der Waals surface area contributed by atoms with Gasteiger partial charge in [-0.1, -0.05) is 39.3 Å². The van der Waals surface area contributed by atoms with Gasteiger partial charge in [0.2, 0.25) is 0 Å². The SMILES string of the molecule is CCc1ccc(N(C)C(=O)NC(C(=O)O)C(C)CC)cc1. The Hall–Kier alpha value is -2.04. The molecule has 5 heteroatoms. The van der Waals surface area contributed by atoms with Crippen molar-refractivity contribution in [2.75, 3.05) is 11.9 Å². The van der Waals surface area contributed by atoms with Crippen LogP contribution < -0.4 is 10.2 Å². The Morgan fingerprint density at radius 1 is 1.24 bits per heavy atom. The van der Waals surface area contributed by atoms with Crippen molar-refractivity contribution < 1.29 is 14.7 Å². The molecule has 2 N–H and O–H groups in total. The summed E-state index contributed by atoms with van der Waals surface area (Å²) in [5.41, 5.74) is 1.92. The van der Waals surface area contributed by atoms with E-state index in [1.807, 2.05) is 38.1 Å². The van der Waals surface area contributed by atoms with Crippen molar-refractivity contribution >= 4 is 17.7 Å². The van der Waals surface area contributed by atoms with E-state index < -0.39 is 18.0 Å². The zero-order valence-electron chi connectivity index (χ0n) is 13.1. The number of benzene rings is 1.